The number of halogens is 1. The molecule has 0 heterocycles. The number of nitrogens with zero attached hydrogens (tertiary/aromatic N) is 1. The fraction of sp³-hybridized carbons (Fsp3) is 0.308. The van der Waals surface area contributed by atoms with Crippen LogP contribution < -0.4 is 0 Å². The third kappa shape index (κ3) is 4.71. The van der Waals surface area contributed by atoms with Crippen molar-refractivity contribution in [1.29, 1.82) is 0 Å². The van der Waals surface area contributed by atoms with Gasteiger partial charge in [-0.3, -0.25) is 0 Å². The predicted octanol–water partition coefficient (Wildman–Crippen LogP) is 2.78. The van der Waals surface area contributed by atoms with E-state index in [1.807, 2.05) is 0 Å². The van der Waals surface area contributed by atoms with Crippen LogP contribution in [0, 0.1) is 0 Å². The fourth-order valence-corrected chi connectivity index (χ4v) is 1.46. The molecule has 0 saturated carbocycles. The molecule has 5 nitrogen and oxygen atoms in total. The van der Waals surface area contributed by atoms with Crippen molar-refractivity contribution in [3.05, 3.63) is 28.8 Å². The first-order chi connectivity index (χ1) is 9.08. The second-order valence-electron chi connectivity index (χ2n) is 3.39. The Morgan fingerprint density at radius 2 is 1.95 bits per heavy atom. The minimum atomic E-state index is -0.586. The average molecular weight is 284 g/mol. The van der Waals surface area contributed by atoms with Crippen LogP contribution in [0.3, 0.4) is 0 Å². The van der Waals surface area contributed by atoms with Gasteiger partial charge in [-0.1, -0.05) is 11.6 Å². The third-order valence-corrected chi connectivity index (χ3v) is 2.29. The van der Waals surface area contributed by atoms with Crippen LogP contribution in [-0.4, -0.2) is 31.4 Å². The summed E-state index contributed by atoms with van der Waals surface area (Å²) in [5.74, 6) is -1.10. The van der Waals surface area contributed by atoms with Gasteiger partial charge in [-0.2, -0.15) is 0 Å². The Hall–Kier alpha value is -1.88. The van der Waals surface area contributed by atoms with Gasteiger partial charge in [0.25, 0.3) is 0 Å². The highest BCUT2D eigenvalue weighted by Crippen LogP contribution is 2.24. The van der Waals surface area contributed by atoms with Crippen molar-refractivity contribution < 1.29 is 19.1 Å². The lowest BCUT2D eigenvalue weighted by Crippen LogP contribution is -2.06. The van der Waals surface area contributed by atoms with E-state index < -0.39 is 11.9 Å². The molecule has 0 bridgehead atoms. The summed E-state index contributed by atoms with van der Waals surface area (Å²) in [5, 5.41) is 0.407. The zero-order chi connectivity index (χ0) is 14.3. The number of esters is 2. The standard InChI is InChI=1S/C13H14ClNO4/c1-3-18-12(16)8-15-11-7-9(14)5-6-10(11)13(17)19-4-2/h5-8H,3-4H2,1-2H3. The maximum absolute atomic E-state index is 11.7. The molecule has 0 radical (unpaired) electrons. The van der Waals surface area contributed by atoms with Crippen molar-refractivity contribution in [3.63, 3.8) is 0 Å². The molecule has 0 aromatic heterocycles. The average Bonchev–Trinajstić information content (AvgIpc) is 2.37. The normalized spacial score (nSPS) is 10.5. The molecular weight excluding hydrogens is 270 g/mol. The molecule has 0 N–H and O–H groups in total. The molecule has 6 heteroatoms. The summed E-state index contributed by atoms with van der Waals surface area (Å²) in [4.78, 5) is 26.8. The molecule has 0 amide bonds. The van der Waals surface area contributed by atoms with Gasteiger partial charge in [0.2, 0.25) is 0 Å². The number of hydrogen-bond donors (Lipinski definition) is 0. The summed E-state index contributed by atoms with van der Waals surface area (Å²) in [6.07, 6.45) is 0.998. The van der Waals surface area contributed by atoms with Crippen molar-refractivity contribution in [3.8, 4) is 0 Å². The topological polar surface area (TPSA) is 65.0 Å². The Balaban J connectivity index is 3.00. The van der Waals surface area contributed by atoms with Crippen molar-refractivity contribution >= 4 is 35.4 Å². The van der Waals surface area contributed by atoms with Gasteiger partial charge in [0.15, 0.2) is 0 Å². The van der Waals surface area contributed by atoms with Gasteiger partial charge in [0.1, 0.15) is 6.21 Å². The van der Waals surface area contributed by atoms with Gasteiger partial charge in [0, 0.05) is 5.02 Å². The number of aliphatic imine (C=N–C) groups is 1. The summed E-state index contributed by atoms with van der Waals surface area (Å²) < 4.78 is 9.59. The zero-order valence-corrected chi connectivity index (χ0v) is 11.4. The molecule has 0 saturated heterocycles. The van der Waals surface area contributed by atoms with Crippen LogP contribution in [0.5, 0.6) is 0 Å². The Bertz CT molecular complexity index is 499. The van der Waals surface area contributed by atoms with Crippen LogP contribution >= 0.6 is 11.6 Å². The van der Waals surface area contributed by atoms with Crippen molar-refractivity contribution in [2.45, 2.75) is 13.8 Å². The number of benzene rings is 1. The van der Waals surface area contributed by atoms with E-state index >= 15 is 0 Å². The van der Waals surface area contributed by atoms with Crippen molar-refractivity contribution in [2.75, 3.05) is 13.2 Å². The number of ether oxygens (including phenoxy) is 2. The minimum absolute atomic E-state index is 0.242. The quantitative estimate of drug-likeness (QED) is 0.616. The molecule has 1 aromatic carbocycles. The molecule has 0 atom stereocenters. The van der Waals surface area contributed by atoms with Gasteiger partial charge >= 0.3 is 11.9 Å². The van der Waals surface area contributed by atoms with E-state index in [1.54, 1.807) is 19.9 Å². The van der Waals surface area contributed by atoms with Crippen LogP contribution in [0.1, 0.15) is 24.2 Å². The molecular formula is C13H14ClNO4. The SMILES string of the molecule is CCOC(=O)C=Nc1cc(Cl)ccc1C(=O)OCC. The van der Waals surface area contributed by atoms with Crippen LogP contribution in [-0.2, 0) is 14.3 Å². The fourth-order valence-electron chi connectivity index (χ4n) is 1.29. The minimum Gasteiger partial charge on any atom is -0.462 e. The largest absolute Gasteiger partial charge is 0.462 e. The summed E-state index contributed by atoms with van der Waals surface area (Å²) in [6.45, 7) is 3.90. The number of rotatable bonds is 5. The Labute approximate surface area is 116 Å². The van der Waals surface area contributed by atoms with Gasteiger partial charge in [0.05, 0.1) is 24.5 Å². The second kappa shape index (κ2) is 7.53. The maximum Gasteiger partial charge on any atom is 0.349 e. The zero-order valence-electron chi connectivity index (χ0n) is 10.7. The van der Waals surface area contributed by atoms with Crippen LogP contribution in [0.25, 0.3) is 0 Å². The number of hydrogen-bond acceptors (Lipinski definition) is 5. The lowest BCUT2D eigenvalue weighted by atomic mass is 10.2. The molecule has 1 rings (SSSR count). The molecule has 0 fully saturated rings. The molecule has 0 unspecified atom stereocenters. The summed E-state index contributed by atoms with van der Waals surface area (Å²) in [7, 11) is 0. The van der Waals surface area contributed by atoms with Crippen molar-refractivity contribution in [2.24, 2.45) is 4.99 Å². The van der Waals surface area contributed by atoms with E-state index in [0.29, 0.717) is 5.02 Å². The van der Waals surface area contributed by atoms with Crippen molar-refractivity contribution in [1.82, 2.24) is 0 Å². The Kier molecular flexibility index (Phi) is 6.02. The Morgan fingerprint density at radius 1 is 1.26 bits per heavy atom. The van der Waals surface area contributed by atoms with Gasteiger partial charge in [-0.15, -0.1) is 0 Å². The first-order valence-electron chi connectivity index (χ1n) is 5.76. The highest BCUT2D eigenvalue weighted by Gasteiger charge is 2.12. The first kappa shape index (κ1) is 15.2. The lowest BCUT2D eigenvalue weighted by Gasteiger charge is -2.05. The maximum atomic E-state index is 11.7. The molecule has 102 valence electrons. The number of carbonyl (C=O) groups is 2. The van der Waals surface area contributed by atoms with E-state index in [1.165, 1.54) is 12.1 Å². The monoisotopic (exact) mass is 283 g/mol. The summed E-state index contributed by atoms with van der Waals surface area (Å²) in [6, 6.07) is 4.53. The third-order valence-electron chi connectivity index (χ3n) is 2.05. The van der Waals surface area contributed by atoms with Crippen LogP contribution in [0.4, 0.5) is 5.69 Å². The lowest BCUT2D eigenvalue weighted by molar-refractivity contribution is -0.134. The highest BCUT2D eigenvalue weighted by atomic mass is 35.5. The Morgan fingerprint density at radius 3 is 2.58 bits per heavy atom. The van der Waals surface area contributed by atoms with E-state index in [9.17, 15) is 9.59 Å². The van der Waals surface area contributed by atoms with Gasteiger partial charge < -0.3 is 9.47 Å². The second-order valence-corrected chi connectivity index (χ2v) is 3.83. The van der Waals surface area contributed by atoms with Crippen LogP contribution in [0.15, 0.2) is 23.2 Å². The van der Waals surface area contributed by atoms with Gasteiger partial charge in [-0.25, -0.2) is 14.6 Å². The molecule has 0 aliphatic rings. The first-order valence-corrected chi connectivity index (χ1v) is 6.13. The highest BCUT2D eigenvalue weighted by molar-refractivity contribution is 6.31. The van der Waals surface area contributed by atoms with Crippen LogP contribution in [0.2, 0.25) is 5.02 Å². The van der Waals surface area contributed by atoms with E-state index in [2.05, 4.69) is 4.99 Å². The summed E-state index contributed by atoms with van der Waals surface area (Å²) in [5.41, 5.74) is 0.505. The van der Waals surface area contributed by atoms with E-state index in [4.69, 9.17) is 21.1 Å². The smallest absolute Gasteiger partial charge is 0.349 e. The van der Waals surface area contributed by atoms with E-state index in [-0.39, 0.29) is 24.5 Å². The molecule has 1 aromatic rings. The predicted molar refractivity (Wildman–Crippen MR) is 72.2 cm³/mol. The molecule has 0 spiro atoms. The van der Waals surface area contributed by atoms with E-state index in [0.717, 1.165) is 6.21 Å². The molecule has 0 aliphatic carbocycles. The number of carbonyl (C=O) groups excluding carboxylic acids is 2. The molecule has 0 aliphatic heterocycles. The molecule has 19 heavy (non-hydrogen) atoms. The van der Waals surface area contributed by atoms with Gasteiger partial charge in [-0.05, 0) is 32.0 Å². The summed E-state index contributed by atoms with van der Waals surface area (Å²) >= 11 is 5.83.